The van der Waals surface area contributed by atoms with E-state index in [1.54, 1.807) is 32.4 Å². The van der Waals surface area contributed by atoms with Crippen molar-refractivity contribution in [1.82, 2.24) is 0 Å². The molecule has 0 atom stereocenters. The Kier molecular flexibility index (Phi) is 4.94. The highest BCUT2D eigenvalue weighted by molar-refractivity contribution is 7.18. The molecule has 0 radical (unpaired) electrons. The molecule has 0 unspecified atom stereocenters. The lowest BCUT2D eigenvalue weighted by molar-refractivity contribution is -0.117. The minimum Gasteiger partial charge on any atom is -0.497 e. The van der Waals surface area contributed by atoms with Crippen LogP contribution in [0.5, 0.6) is 11.5 Å². The maximum absolute atomic E-state index is 12.6. The van der Waals surface area contributed by atoms with Gasteiger partial charge in [0.1, 0.15) is 11.5 Å². The minimum atomic E-state index is -0.232. The van der Waals surface area contributed by atoms with Gasteiger partial charge in [0.25, 0.3) is 5.91 Å². The number of ether oxygens (including phenoxy) is 2. The summed E-state index contributed by atoms with van der Waals surface area (Å²) in [4.78, 5) is 25.0. The van der Waals surface area contributed by atoms with Crippen molar-refractivity contribution in [3.63, 3.8) is 0 Å². The Bertz CT molecular complexity index is 789. The van der Waals surface area contributed by atoms with Crippen LogP contribution in [0.4, 0.5) is 10.7 Å². The van der Waals surface area contributed by atoms with Gasteiger partial charge in [0.2, 0.25) is 5.91 Å². The number of carbonyl (C=O) groups is 2. The normalized spacial score (nSPS) is 13.2. The minimum absolute atomic E-state index is 0.0331. The van der Waals surface area contributed by atoms with Crippen LogP contribution >= 0.6 is 11.3 Å². The third-order valence-corrected chi connectivity index (χ3v) is 5.08. The molecule has 1 aliphatic rings. The lowest BCUT2D eigenvalue weighted by atomic mass is 10.2. The number of methoxy groups -OCH3 is 2. The summed E-state index contributed by atoms with van der Waals surface area (Å²) in [6.45, 7) is 1.85. The number of carbonyl (C=O) groups excluding carboxylic acids is 2. The topological polar surface area (TPSA) is 76.7 Å². The third kappa shape index (κ3) is 4.11. The molecule has 2 amide bonds. The lowest BCUT2D eigenvalue weighted by Gasteiger charge is -2.09. The molecule has 1 fully saturated rings. The Morgan fingerprint density at radius 1 is 1.04 bits per heavy atom. The molecular weight excluding hydrogens is 340 g/mol. The molecule has 0 bridgehead atoms. The number of amides is 2. The summed E-state index contributed by atoms with van der Waals surface area (Å²) in [5.41, 5.74) is 1.40. The molecule has 0 aliphatic heterocycles. The zero-order valence-corrected chi connectivity index (χ0v) is 15.2. The van der Waals surface area contributed by atoms with Crippen molar-refractivity contribution in [2.75, 3.05) is 24.9 Å². The fourth-order valence-electron chi connectivity index (χ4n) is 2.41. The SMILES string of the molecule is COc1cc(NC(=O)c2sc(NC(=O)C3CC3)cc2C)cc(OC)c1. The molecule has 3 rings (SSSR count). The molecule has 0 saturated heterocycles. The molecule has 6 nitrogen and oxygen atoms in total. The first-order valence-corrected chi connectivity index (χ1v) is 8.77. The summed E-state index contributed by atoms with van der Waals surface area (Å²) in [5, 5.41) is 6.43. The summed E-state index contributed by atoms with van der Waals surface area (Å²) in [6.07, 6.45) is 1.89. The van der Waals surface area contributed by atoms with Crippen LogP contribution in [-0.2, 0) is 4.79 Å². The first-order chi connectivity index (χ1) is 12.0. The van der Waals surface area contributed by atoms with Crippen molar-refractivity contribution < 1.29 is 19.1 Å². The number of thiophene rings is 1. The lowest BCUT2D eigenvalue weighted by Crippen LogP contribution is -2.12. The van der Waals surface area contributed by atoms with Crippen molar-refractivity contribution in [2.45, 2.75) is 19.8 Å². The molecule has 132 valence electrons. The molecule has 0 spiro atoms. The average molecular weight is 360 g/mol. The predicted molar refractivity (Wildman–Crippen MR) is 97.9 cm³/mol. The summed E-state index contributed by atoms with van der Waals surface area (Å²) in [5.74, 6) is 1.12. The van der Waals surface area contributed by atoms with E-state index in [2.05, 4.69) is 10.6 Å². The van der Waals surface area contributed by atoms with Gasteiger partial charge in [-0.15, -0.1) is 11.3 Å². The van der Waals surface area contributed by atoms with Gasteiger partial charge in [-0.25, -0.2) is 0 Å². The predicted octanol–water partition coefficient (Wildman–Crippen LogP) is 3.67. The Hall–Kier alpha value is -2.54. The highest BCUT2D eigenvalue weighted by atomic mass is 32.1. The second-order valence-electron chi connectivity index (χ2n) is 5.94. The zero-order valence-electron chi connectivity index (χ0n) is 14.3. The van der Waals surface area contributed by atoms with E-state index in [0.29, 0.717) is 27.1 Å². The molecule has 2 N–H and O–H groups in total. The van der Waals surface area contributed by atoms with Crippen LogP contribution in [-0.4, -0.2) is 26.0 Å². The fraction of sp³-hybridized carbons (Fsp3) is 0.333. The highest BCUT2D eigenvalue weighted by Crippen LogP contribution is 2.33. The van der Waals surface area contributed by atoms with E-state index in [0.717, 1.165) is 18.4 Å². The van der Waals surface area contributed by atoms with E-state index < -0.39 is 0 Å². The van der Waals surface area contributed by atoms with Gasteiger partial charge in [0, 0.05) is 29.8 Å². The zero-order chi connectivity index (χ0) is 18.0. The molecule has 7 heteroatoms. The van der Waals surface area contributed by atoms with E-state index in [1.807, 2.05) is 13.0 Å². The second kappa shape index (κ2) is 7.14. The number of rotatable bonds is 6. The third-order valence-electron chi connectivity index (χ3n) is 3.93. The average Bonchev–Trinajstić information content (AvgIpc) is 3.38. The largest absolute Gasteiger partial charge is 0.497 e. The molecule has 25 heavy (non-hydrogen) atoms. The summed E-state index contributed by atoms with van der Waals surface area (Å²) >= 11 is 1.27. The van der Waals surface area contributed by atoms with Gasteiger partial charge in [-0.2, -0.15) is 0 Å². The van der Waals surface area contributed by atoms with E-state index in [9.17, 15) is 9.59 Å². The number of hydrogen-bond donors (Lipinski definition) is 2. The second-order valence-corrected chi connectivity index (χ2v) is 6.99. The molecule has 1 heterocycles. The van der Waals surface area contributed by atoms with Crippen molar-refractivity contribution in [1.29, 1.82) is 0 Å². The number of hydrogen-bond acceptors (Lipinski definition) is 5. The van der Waals surface area contributed by atoms with Gasteiger partial charge < -0.3 is 20.1 Å². The molecule has 1 saturated carbocycles. The monoisotopic (exact) mass is 360 g/mol. The van der Waals surface area contributed by atoms with Crippen molar-refractivity contribution in [3.8, 4) is 11.5 Å². The quantitative estimate of drug-likeness (QED) is 0.824. The van der Waals surface area contributed by atoms with Crippen molar-refractivity contribution in [2.24, 2.45) is 5.92 Å². The van der Waals surface area contributed by atoms with Gasteiger partial charge in [-0.05, 0) is 31.4 Å². The number of anilines is 2. The van der Waals surface area contributed by atoms with Gasteiger partial charge in [0.05, 0.1) is 24.1 Å². The summed E-state index contributed by atoms with van der Waals surface area (Å²) < 4.78 is 10.4. The molecular formula is C18H20N2O4S. The number of benzene rings is 1. The number of nitrogens with one attached hydrogen (secondary N) is 2. The first kappa shape index (κ1) is 17.3. The van der Waals surface area contributed by atoms with Gasteiger partial charge in [0.15, 0.2) is 0 Å². The molecule has 2 aromatic rings. The van der Waals surface area contributed by atoms with Crippen LogP contribution in [0.3, 0.4) is 0 Å². The fourth-order valence-corrected chi connectivity index (χ4v) is 3.38. The van der Waals surface area contributed by atoms with Gasteiger partial charge in [-0.3, -0.25) is 9.59 Å². The van der Waals surface area contributed by atoms with Crippen molar-refractivity contribution >= 4 is 33.8 Å². The smallest absolute Gasteiger partial charge is 0.266 e. The van der Waals surface area contributed by atoms with Crippen LogP contribution in [0.2, 0.25) is 0 Å². The van der Waals surface area contributed by atoms with Crippen LogP contribution in [0, 0.1) is 12.8 Å². The van der Waals surface area contributed by atoms with Gasteiger partial charge in [-0.1, -0.05) is 0 Å². The van der Waals surface area contributed by atoms with Gasteiger partial charge >= 0.3 is 0 Å². The van der Waals surface area contributed by atoms with Crippen LogP contribution in [0.25, 0.3) is 0 Å². The van der Waals surface area contributed by atoms with Crippen LogP contribution in [0.15, 0.2) is 24.3 Å². The summed E-state index contributed by atoms with van der Waals surface area (Å²) in [6, 6.07) is 7.00. The maximum atomic E-state index is 12.6. The van der Waals surface area contributed by atoms with Crippen LogP contribution < -0.4 is 20.1 Å². The number of aryl methyl sites for hydroxylation is 1. The molecule has 1 aromatic carbocycles. The van der Waals surface area contributed by atoms with E-state index in [4.69, 9.17) is 9.47 Å². The Labute approximate surface area is 150 Å². The Balaban J connectivity index is 1.74. The highest BCUT2D eigenvalue weighted by Gasteiger charge is 2.30. The Morgan fingerprint density at radius 2 is 1.68 bits per heavy atom. The maximum Gasteiger partial charge on any atom is 0.266 e. The van der Waals surface area contributed by atoms with Crippen LogP contribution in [0.1, 0.15) is 28.1 Å². The van der Waals surface area contributed by atoms with E-state index >= 15 is 0 Å². The molecule has 1 aromatic heterocycles. The first-order valence-electron chi connectivity index (χ1n) is 7.96. The van der Waals surface area contributed by atoms with E-state index in [-0.39, 0.29) is 17.7 Å². The summed E-state index contributed by atoms with van der Waals surface area (Å²) in [7, 11) is 3.11. The van der Waals surface area contributed by atoms with Crippen molar-refractivity contribution in [3.05, 3.63) is 34.7 Å². The Morgan fingerprint density at radius 3 is 2.24 bits per heavy atom. The molecule has 1 aliphatic carbocycles. The van der Waals surface area contributed by atoms with E-state index in [1.165, 1.54) is 11.3 Å². The standard InChI is InChI=1S/C18H20N2O4S/c1-10-6-15(20-17(21)11-4-5-11)25-16(10)18(22)19-12-7-13(23-2)9-14(8-12)24-3/h6-9,11H,4-5H2,1-3H3,(H,19,22)(H,20,21).